The molecule has 0 radical (unpaired) electrons. The average molecular weight is 291 g/mol. The van der Waals surface area contributed by atoms with Gasteiger partial charge in [0.2, 0.25) is 0 Å². The molecule has 1 aromatic rings. The van der Waals surface area contributed by atoms with Crippen LogP contribution in [0.5, 0.6) is 0 Å². The predicted molar refractivity (Wildman–Crippen MR) is 76.2 cm³/mol. The zero-order valence-corrected chi connectivity index (χ0v) is 11.7. The van der Waals surface area contributed by atoms with E-state index >= 15 is 0 Å². The quantitative estimate of drug-likeness (QED) is 0.688. The van der Waals surface area contributed by atoms with Crippen LogP contribution in [0.2, 0.25) is 0 Å². The SMILES string of the molecule is O=C(C=Cc1ccccc1F)NOC(=O)C1CCCCC1. The summed E-state index contributed by atoms with van der Waals surface area (Å²) in [5, 5.41) is 0. The molecule has 0 spiro atoms. The van der Waals surface area contributed by atoms with Crippen molar-refractivity contribution in [3.8, 4) is 0 Å². The van der Waals surface area contributed by atoms with Crippen molar-refractivity contribution in [2.45, 2.75) is 32.1 Å². The Kier molecular flexibility index (Phi) is 5.49. The molecule has 0 bridgehead atoms. The summed E-state index contributed by atoms with van der Waals surface area (Å²) in [7, 11) is 0. The molecular weight excluding hydrogens is 273 g/mol. The number of benzene rings is 1. The van der Waals surface area contributed by atoms with Gasteiger partial charge in [-0.2, -0.15) is 5.48 Å². The van der Waals surface area contributed by atoms with Crippen LogP contribution >= 0.6 is 0 Å². The number of hydrogen-bond acceptors (Lipinski definition) is 3. The van der Waals surface area contributed by atoms with Crippen LogP contribution in [0.1, 0.15) is 37.7 Å². The Morgan fingerprint density at radius 2 is 1.90 bits per heavy atom. The van der Waals surface area contributed by atoms with Gasteiger partial charge in [0.15, 0.2) is 0 Å². The number of carbonyl (C=O) groups is 2. The first-order valence-corrected chi connectivity index (χ1v) is 7.10. The third-order valence-electron chi connectivity index (χ3n) is 3.51. The standard InChI is InChI=1S/C16H18FNO3/c17-14-9-5-4-6-12(14)10-11-15(19)18-21-16(20)13-7-2-1-3-8-13/h4-6,9-11,13H,1-3,7-8H2,(H,18,19). The van der Waals surface area contributed by atoms with Crippen molar-refractivity contribution in [1.82, 2.24) is 5.48 Å². The first kappa shape index (κ1) is 15.2. The summed E-state index contributed by atoms with van der Waals surface area (Å²) in [4.78, 5) is 28.0. The second-order valence-corrected chi connectivity index (χ2v) is 5.08. The molecule has 1 saturated carbocycles. The number of hydroxylamine groups is 1. The van der Waals surface area contributed by atoms with E-state index < -0.39 is 17.7 Å². The summed E-state index contributed by atoms with van der Waals surface area (Å²) < 4.78 is 13.3. The fourth-order valence-corrected chi connectivity index (χ4v) is 2.33. The normalized spacial score (nSPS) is 15.9. The van der Waals surface area contributed by atoms with Gasteiger partial charge in [-0.25, -0.2) is 9.18 Å². The number of amides is 1. The van der Waals surface area contributed by atoms with Crippen LogP contribution in [0, 0.1) is 11.7 Å². The average Bonchev–Trinajstić information content (AvgIpc) is 2.52. The molecule has 1 amide bonds. The zero-order chi connectivity index (χ0) is 15.1. The lowest BCUT2D eigenvalue weighted by atomic mass is 9.89. The lowest BCUT2D eigenvalue weighted by Crippen LogP contribution is -2.30. The molecule has 0 aliphatic heterocycles. The van der Waals surface area contributed by atoms with Gasteiger partial charge in [0.1, 0.15) is 5.82 Å². The van der Waals surface area contributed by atoms with Crippen LogP contribution in [0.4, 0.5) is 4.39 Å². The van der Waals surface area contributed by atoms with E-state index in [2.05, 4.69) is 5.48 Å². The van der Waals surface area contributed by atoms with Gasteiger partial charge >= 0.3 is 5.97 Å². The molecule has 5 heteroatoms. The minimum Gasteiger partial charge on any atom is -0.340 e. The van der Waals surface area contributed by atoms with E-state index in [0.29, 0.717) is 5.56 Å². The molecule has 0 aromatic heterocycles. The molecule has 21 heavy (non-hydrogen) atoms. The number of hydrogen-bond donors (Lipinski definition) is 1. The van der Waals surface area contributed by atoms with Gasteiger partial charge in [0.25, 0.3) is 5.91 Å². The molecule has 4 nitrogen and oxygen atoms in total. The van der Waals surface area contributed by atoms with Gasteiger partial charge in [-0.05, 0) is 25.0 Å². The Morgan fingerprint density at radius 3 is 2.62 bits per heavy atom. The lowest BCUT2D eigenvalue weighted by molar-refractivity contribution is -0.161. The number of rotatable bonds is 3. The van der Waals surface area contributed by atoms with E-state index in [1.165, 1.54) is 12.1 Å². The van der Waals surface area contributed by atoms with Crippen LogP contribution in [-0.4, -0.2) is 11.9 Å². The maximum absolute atomic E-state index is 13.3. The summed E-state index contributed by atoms with van der Waals surface area (Å²) in [6.45, 7) is 0. The van der Waals surface area contributed by atoms with E-state index in [0.717, 1.165) is 38.2 Å². The molecule has 1 aromatic carbocycles. The number of halogens is 1. The smallest absolute Gasteiger partial charge is 0.335 e. The predicted octanol–water partition coefficient (Wildman–Crippen LogP) is 2.99. The fourth-order valence-electron chi connectivity index (χ4n) is 2.33. The minimum atomic E-state index is -0.595. The monoisotopic (exact) mass is 291 g/mol. The van der Waals surface area contributed by atoms with E-state index in [4.69, 9.17) is 4.84 Å². The molecule has 1 aliphatic rings. The molecule has 0 heterocycles. The van der Waals surface area contributed by atoms with Crippen LogP contribution in [0.25, 0.3) is 6.08 Å². The fraction of sp³-hybridized carbons (Fsp3) is 0.375. The number of nitrogens with one attached hydrogen (secondary N) is 1. The molecule has 1 N–H and O–H groups in total. The number of carbonyl (C=O) groups excluding carboxylic acids is 2. The van der Waals surface area contributed by atoms with Gasteiger partial charge in [-0.1, -0.05) is 37.5 Å². The van der Waals surface area contributed by atoms with Crippen molar-refractivity contribution in [1.29, 1.82) is 0 Å². The summed E-state index contributed by atoms with van der Waals surface area (Å²) >= 11 is 0. The Balaban J connectivity index is 1.79. The van der Waals surface area contributed by atoms with Crippen molar-refractivity contribution in [3.63, 3.8) is 0 Å². The largest absolute Gasteiger partial charge is 0.340 e. The Hall–Kier alpha value is -2.17. The van der Waals surface area contributed by atoms with Crippen molar-refractivity contribution in [3.05, 3.63) is 41.7 Å². The second-order valence-electron chi connectivity index (χ2n) is 5.08. The highest BCUT2D eigenvalue weighted by molar-refractivity contribution is 5.91. The van der Waals surface area contributed by atoms with Gasteiger partial charge in [-0.15, -0.1) is 0 Å². The molecule has 112 valence electrons. The van der Waals surface area contributed by atoms with Crippen LogP contribution in [0.3, 0.4) is 0 Å². The van der Waals surface area contributed by atoms with E-state index in [1.807, 2.05) is 0 Å². The highest BCUT2D eigenvalue weighted by Gasteiger charge is 2.23. The van der Waals surface area contributed by atoms with Gasteiger partial charge in [-0.3, -0.25) is 4.79 Å². The maximum Gasteiger partial charge on any atom is 0.335 e. The van der Waals surface area contributed by atoms with Crippen molar-refractivity contribution in [2.75, 3.05) is 0 Å². The van der Waals surface area contributed by atoms with Crippen molar-refractivity contribution in [2.24, 2.45) is 5.92 Å². The Morgan fingerprint density at radius 1 is 1.19 bits per heavy atom. The summed E-state index contributed by atoms with van der Waals surface area (Å²) in [6.07, 6.45) is 7.24. The first-order chi connectivity index (χ1) is 10.2. The van der Waals surface area contributed by atoms with Crippen molar-refractivity contribution >= 4 is 18.0 Å². The lowest BCUT2D eigenvalue weighted by Gasteiger charge is -2.19. The van der Waals surface area contributed by atoms with Crippen LogP contribution in [0.15, 0.2) is 30.3 Å². The highest BCUT2D eigenvalue weighted by Crippen LogP contribution is 2.24. The van der Waals surface area contributed by atoms with E-state index in [-0.39, 0.29) is 5.92 Å². The van der Waals surface area contributed by atoms with E-state index in [1.54, 1.807) is 18.2 Å². The zero-order valence-electron chi connectivity index (χ0n) is 11.7. The van der Waals surface area contributed by atoms with Crippen molar-refractivity contribution < 1.29 is 18.8 Å². The van der Waals surface area contributed by atoms with E-state index in [9.17, 15) is 14.0 Å². The third kappa shape index (κ3) is 4.70. The molecule has 2 rings (SSSR count). The minimum absolute atomic E-state index is 0.130. The van der Waals surface area contributed by atoms with Crippen LogP contribution in [-0.2, 0) is 14.4 Å². The molecule has 1 fully saturated rings. The van der Waals surface area contributed by atoms with Gasteiger partial charge in [0, 0.05) is 11.6 Å². The molecule has 0 atom stereocenters. The summed E-state index contributed by atoms with van der Waals surface area (Å²) in [5.74, 6) is -1.54. The maximum atomic E-state index is 13.3. The molecule has 0 unspecified atom stereocenters. The second kappa shape index (κ2) is 7.57. The van der Waals surface area contributed by atoms with Gasteiger partial charge in [0.05, 0.1) is 5.92 Å². The first-order valence-electron chi connectivity index (χ1n) is 7.10. The Bertz CT molecular complexity index is 536. The van der Waals surface area contributed by atoms with Crippen LogP contribution < -0.4 is 5.48 Å². The molecule has 1 aliphatic carbocycles. The summed E-state index contributed by atoms with van der Waals surface area (Å²) in [5.41, 5.74) is 2.37. The highest BCUT2D eigenvalue weighted by atomic mass is 19.1. The Labute approximate surface area is 122 Å². The molecule has 0 saturated heterocycles. The molecular formula is C16H18FNO3. The van der Waals surface area contributed by atoms with Gasteiger partial charge < -0.3 is 4.84 Å². The summed E-state index contributed by atoms with van der Waals surface area (Å²) in [6, 6.07) is 6.09. The topological polar surface area (TPSA) is 55.4 Å². The third-order valence-corrected chi connectivity index (χ3v) is 3.51.